The Morgan fingerprint density at radius 2 is 1.22 bits per heavy atom. The third-order valence-corrected chi connectivity index (χ3v) is 14.8. The number of piperidine rings is 2. The number of ketones is 2. The molecule has 0 bridgehead atoms. The molecule has 4 aromatic heterocycles. The summed E-state index contributed by atoms with van der Waals surface area (Å²) >= 11 is 20.5. The maximum absolute atomic E-state index is 13.4. The molecule has 2 aromatic carbocycles. The molecule has 60 heavy (non-hydrogen) atoms. The first-order valence-electron chi connectivity index (χ1n) is 18.0. The first-order valence-corrected chi connectivity index (χ1v) is 23.2. The van der Waals surface area contributed by atoms with Gasteiger partial charge in [0.15, 0.2) is 11.6 Å². The van der Waals surface area contributed by atoms with Gasteiger partial charge in [-0.05, 0) is 122 Å². The Hall–Kier alpha value is -4.16. The molecular formula is C42H31BrCl2F2N4O5S4. The molecule has 308 valence electrons. The van der Waals surface area contributed by atoms with Crippen molar-refractivity contribution in [2.75, 3.05) is 6.61 Å². The molecule has 2 fully saturated rings. The van der Waals surface area contributed by atoms with Gasteiger partial charge in [0.25, 0.3) is 0 Å². The number of aromatic nitrogens is 2. The average Bonchev–Trinajstić information content (AvgIpc) is 3.96. The molecule has 2 aliphatic heterocycles. The highest BCUT2D eigenvalue weighted by molar-refractivity contribution is 9.10. The average molecular weight is 989 g/mol. The number of nitrogens with zero attached hydrogens (tertiary/aromatic N) is 2. The molecule has 2 saturated heterocycles. The van der Waals surface area contributed by atoms with Crippen LogP contribution >= 0.6 is 85.3 Å². The fourth-order valence-corrected chi connectivity index (χ4v) is 11.1. The zero-order valence-electron chi connectivity index (χ0n) is 31.1. The van der Waals surface area contributed by atoms with E-state index in [1.807, 2.05) is 46.6 Å². The number of Topliss-reactive ketones (excluding diaryl/α,β-unsaturated/α-hetero) is 2. The number of rotatable bonds is 10. The summed E-state index contributed by atoms with van der Waals surface area (Å²) in [5.41, 5.74) is 0.561. The molecule has 2 amide bonds. The number of hydrogen-bond acceptors (Lipinski definition) is 11. The van der Waals surface area contributed by atoms with Crippen molar-refractivity contribution in [3.63, 3.8) is 0 Å². The Kier molecular flexibility index (Phi) is 13.8. The molecule has 4 atom stereocenters. The summed E-state index contributed by atoms with van der Waals surface area (Å²) in [6, 6.07) is 22.2. The molecule has 0 aliphatic carbocycles. The van der Waals surface area contributed by atoms with Crippen molar-refractivity contribution in [1.82, 2.24) is 20.6 Å². The number of amides is 2. The van der Waals surface area contributed by atoms with Crippen LogP contribution in [0.2, 0.25) is 10.0 Å². The van der Waals surface area contributed by atoms with Crippen LogP contribution in [0.3, 0.4) is 0 Å². The Balaban J connectivity index is 0.000000182. The zero-order chi connectivity index (χ0) is 42.6. The van der Waals surface area contributed by atoms with Crippen molar-refractivity contribution in [2.24, 2.45) is 0 Å². The maximum Gasteiger partial charge on any atom is 0.242 e. The number of halogens is 5. The number of nitrogens with one attached hydrogen (secondary N) is 2. The van der Waals surface area contributed by atoms with Gasteiger partial charge < -0.3 is 15.4 Å². The highest BCUT2D eigenvalue weighted by atomic mass is 79.9. The number of benzene rings is 2. The van der Waals surface area contributed by atoms with Gasteiger partial charge in [0.05, 0.1) is 28.0 Å². The lowest BCUT2D eigenvalue weighted by atomic mass is 9.79. The van der Waals surface area contributed by atoms with Gasteiger partial charge in [-0.1, -0.05) is 35.3 Å². The molecule has 0 radical (unpaired) electrons. The SMILES string of the molecule is CCOc1cccc(C2(c3ccsc3)CC(=O)C(Sc3ccc(F)cc3Cl)C(=O)N2)n1.O=C1CC(c2ccsc2)(c2cccc(Br)n2)NC(=O)C1Sc1ccc(F)cc1Cl. The minimum absolute atomic E-state index is 0.0224. The maximum atomic E-state index is 13.4. The number of carbonyl (C=O) groups excluding carboxylic acids is 4. The van der Waals surface area contributed by atoms with Crippen LogP contribution in [0.5, 0.6) is 5.88 Å². The number of ether oxygens (including phenoxy) is 1. The third-order valence-electron chi connectivity index (χ3n) is 9.52. The zero-order valence-corrected chi connectivity index (χ0v) is 37.5. The Morgan fingerprint density at radius 1 is 0.733 bits per heavy atom. The van der Waals surface area contributed by atoms with Gasteiger partial charge in [-0.2, -0.15) is 22.7 Å². The van der Waals surface area contributed by atoms with Gasteiger partial charge in [0.1, 0.15) is 37.8 Å². The predicted molar refractivity (Wildman–Crippen MR) is 235 cm³/mol. The fourth-order valence-electron chi connectivity index (χ4n) is 6.77. The van der Waals surface area contributed by atoms with Crippen LogP contribution in [0.25, 0.3) is 0 Å². The molecule has 0 spiro atoms. The number of thioether (sulfide) groups is 2. The molecular weight excluding hydrogens is 958 g/mol. The summed E-state index contributed by atoms with van der Waals surface area (Å²) in [6.07, 6.45) is 0.0734. The molecule has 2 N–H and O–H groups in total. The molecule has 6 aromatic rings. The lowest BCUT2D eigenvalue weighted by Crippen LogP contribution is -2.58. The van der Waals surface area contributed by atoms with Crippen molar-refractivity contribution in [3.8, 4) is 5.88 Å². The predicted octanol–water partition coefficient (Wildman–Crippen LogP) is 10.0. The van der Waals surface area contributed by atoms with Gasteiger partial charge in [-0.25, -0.2) is 18.7 Å². The third kappa shape index (κ3) is 9.34. The summed E-state index contributed by atoms with van der Waals surface area (Å²) < 4.78 is 32.8. The summed E-state index contributed by atoms with van der Waals surface area (Å²) in [7, 11) is 0. The quantitative estimate of drug-likeness (QED) is 0.102. The molecule has 6 heterocycles. The van der Waals surface area contributed by atoms with E-state index in [-0.39, 0.29) is 34.5 Å². The van der Waals surface area contributed by atoms with E-state index in [1.165, 1.54) is 46.9 Å². The Morgan fingerprint density at radius 3 is 1.63 bits per heavy atom. The van der Waals surface area contributed by atoms with Crippen LogP contribution < -0.4 is 15.4 Å². The van der Waals surface area contributed by atoms with E-state index in [0.717, 1.165) is 46.8 Å². The second-order valence-corrected chi connectivity index (χ2v) is 18.9. The highest BCUT2D eigenvalue weighted by Gasteiger charge is 2.50. The van der Waals surface area contributed by atoms with Crippen LogP contribution in [0.1, 0.15) is 42.3 Å². The lowest BCUT2D eigenvalue weighted by molar-refractivity contribution is -0.134. The summed E-state index contributed by atoms with van der Waals surface area (Å²) in [4.78, 5) is 62.6. The van der Waals surface area contributed by atoms with Crippen molar-refractivity contribution in [1.29, 1.82) is 0 Å². The fraction of sp³-hybridized carbons (Fsp3) is 0.190. The number of carbonyl (C=O) groups is 4. The standard InChI is InChI=1S/C22H18ClFN2O3S2.C20H13BrClFN2O2S2/c1-2-29-19-5-3-4-18(25-19)22(13-8-9-30-12-13)11-16(27)20(21(28)26-22)31-17-7-6-14(24)10-15(17)23;21-17-3-1-2-16(24-17)20(11-6-7-28-10-11)9-14(26)18(19(27)25-20)29-15-5-4-12(23)8-13(15)22/h3-10,12,20H,2,11H2,1H3,(H,26,28);1-8,10,18H,9H2,(H,25,27). The Bertz CT molecular complexity index is 2530. The van der Waals surface area contributed by atoms with Crippen molar-refractivity contribution in [2.45, 2.75) is 51.1 Å². The smallest absolute Gasteiger partial charge is 0.242 e. The van der Waals surface area contributed by atoms with Gasteiger partial charge in [-0.15, -0.1) is 23.5 Å². The van der Waals surface area contributed by atoms with Crippen LogP contribution in [-0.4, -0.2) is 50.5 Å². The van der Waals surface area contributed by atoms with Crippen molar-refractivity contribution < 1.29 is 32.7 Å². The molecule has 18 heteroatoms. The van der Waals surface area contributed by atoms with Crippen LogP contribution in [0.4, 0.5) is 8.78 Å². The van der Waals surface area contributed by atoms with E-state index in [9.17, 15) is 28.0 Å². The van der Waals surface area contributed by atoms with Gasteiger partial charge in [-0.3, -0.25) is 19.2 Å². The molecule has 0 saturated carbocycles. The highest BCUT2D eigenvalue weighted by Crippen LogP contribution is 2.43. The van der Waals surface area contributed by atoms with Crippen LogP contribution in [-0.2, 0) is 30.3 Å². The van der Waals surface area contributed by atoms with E-state index in [0.29, 0.717) is 38.3 Å². The van der Waals surface area contributed by atoms with Gasteiger partial charge in [0.2, 0.25) is 17.7 Å². The summed E-state index contributed by atoms with van der Waals surface area (Å²) in [5, 5.41) is 12.0. The van der Waals surface area contributed by atoms with E-state index in [4.69, 9.17) is 27.9 Å². The normalized spacial score (nSPS) is 21.4. The van der Waals surface area contributed by atoms with Gasteiger partial charge >= 0.3 is 0 Å². The van der Waals surface area contributed by atoms with Crippen LogP contribution in [0, 0.1) is 11.6 Å². The van der Waals surface area contributed by atoms with Gasteiger partial charge in [0, 0.05) is 28.7 Å². The Labute approximate surface area is 378 Å². The van der Waals surface area contributed by atoms with E-state index < -0.39 is 45.0 Å². The molecule has 2 aliphatic rings. The lowest BCUT2D eigenvalue weighted by Gasteiger charge is -2.39. The summed E-state index contributed by atoms with van der Waals surface area (Å²) in [5.74, 6) is -1.92. The molecule has 8 rings (SSSR count). The second kappa shape index (κ2) is 18.8. The van der Waals surface area contributed by atoms with Crippen molar-refractivity contribution in [3.05, 3.63) is 155 Å². The molecule has 4 unspecified atom stereocenters. The minimum Gasteiger partial charge on any atom is -0.478 e. The monoisotopic (exact) mass is 986 g/mol. The summed E-state index contributed by atoms with van der Waals surface area (Å²) in [6.45, 7) is 2.31. The minimum atomic E-state index is -1.09. The first-order chi connectivity index (χ1) is 28.8. The largest absolute Gasteiger partial charge is 0.478 e. The number of hydrogen-bond donors (Lipinski definition) is 2. The van der Waals surface area contributed by atoms with Crippen molar-refractivity contribution >= 4 is 109 Å². The first kappa shape index (κ1) is 43.9. The number of pyridine rings is 2. The topological polar surface area (TPSA) is 127 Å². The van der Waals surface area contributed by atoms with E-state index >= 15 is 0 Å². The molecule has 9 nitrogen and oxygen atoms in total. The van der Waals surface area contributed by atoms with E-state index in [1.54, 1.807) is 30.3 Å². The van der Waals surface area contributed by atoms with E-state index in [2.05, 4.69) is 36.5 Å². The number of thiophene rings is 2. The second-order valence-electron chi connectivity index (χ2n) is 13.4. The van der Waals surface area contributed by atoms with Crippen LogP contribution in [0.15, 0.2) is 121 Å².